The lowest BCUT2D eigenvalue weighted by atomic mass is 10.2. The highest BCUT2D eigenvalue weighted by molar-refractivity contribution is 14.0. The van der Waals surface area contributed by atoms with Gasteiger partial charge in [0.2, 0.25) is 0 Å². The standard InChI is InChI=1S/C14H21N3O3.HI/c1-9-12(13(18)19-2)7-11(20-9)8-16-14(15)17-10-5-3-4-6-10;/h7,10H,3-6,8H2,1-2H3,(H3,15,16,17);1H. The molecule has 21 heavy (non-hydrogen) atoms. The number of rotatable bonds is 4. The lowest BCUT2D eigenvalue weighted by Crippen LogP contribution is -2.38. The molecular formula is C14H22IN3O3. The number of nitrogens with zero attached hydrogens (tertiary/aromatic N) is 1. The number of carbonyl (C=O) groups is 1. The zero-order chi connectivity index (χ0) is 14.5. The van der Waals surface area contributed by atoms with E-state index in [0.29, 0.717) is 35.6 Å². The van der Waals surface area contributed by atoms with Gasteiger partial charge in [-0.05, 0) is 25.8 Å². The Labute approximate surface area is 141 Å². The van der Waals surface area contributed by atoms with Gasteiger partial charge in [0.25, 0.3) is 0 Å². The van der Waals surface area contributed by atoms with Gasteiger partial charge in [0.05, 0.1) is 7.11 Å². The van der Waals surface area contributed by atoms with Crippen LogP contribution in [0.15, 0.2) is 15.5 Å². The third-order valence-electron chi connectivity index (χ3n) is 3.49. The van der Waals surface area contributed by atoms with Crippen molar-refractivity contribution in [3.8, 4) is 0 Å². The molecule has 118 valence electrons. The molecular weight excluding hydrogens is 385 g/mol. The number of esters is 1. The van der Waals surface area contributed by atoms with E-state index in [1.54, 1.807) is 13.0 Å². The summed E-state index contributed by atoms with van der Waals surface area (Å²) < 4.78 is 10.1. The summed E-state index contributed by atoms with van der Waals surface area (Å²) in [6.45, 7) is 2.03. The maximum atomic E-state index is 11.5. The summed E-state index contributed by atoms with van der Waals surface area (Å²) in [6.07, 6.45) is 4.76. The number of methoxy groups -OCH3 is 1. The lowest BCUT2D eigenvalue weighted by molar-refractivity contribution is 0.0599. The summed E-state index contributed by atoms with van der Waals surface area (Å²) in [4.78, 5) is 15.7. The van der Waals surface area contributed by atoms with Crippen molar-refractivity contribution < 1.29 is 13.9 Å². The van der Waals surface area contributed by atoms with E-state index < -0.39 is 5.97 Å². The highest BCUT2D eigenvalue weighted by Gasteiger charge is 2.16. The highest BCUT2D eigenvalue weighted by atomic mass is 127. The molecule has 1 saturated carbocycles. The Hall–Kier alpha value is -1.25. The van der Waals surface area contributed by atoms with E-state index in [2.05, 4.69) is 15.0 Å². The SMILES string of the molecule is COC(=O)c1cc(CN=C(N)NC2CCCC2)oc1C.I. The molecule has 0 spiro atoms. The Balaban J connectivity index is 0.00000220. The van der Waals surface area contributed by atoms with Gasteiger partial charge in [0, 0.05) is 6.04 Å². The van der Waals surface area contributed by atoms with Crippen LogP contribution in [0, 0.1) is 6.92 Å². The normalized spacial score (nSPS) is 15.6. The third-order valence-corrected chi connectivity index (χ3v) is 3.49. The molecule has 1 heterocycles. The molecule has 0 radical (unpaired) electrons. The van der Waals surface area contributed by atoms with Gasteiger partial charge in [0.1, 0.15) is 23.6 Å². The Morgan fingerprint density at radius 1 is 1.52 bits per heavy atom. The fourth-order valence-corrected chi connectivity index (χ4v) is 2.42. The highest BCUT2D eigenvalue weighted by Crippen LogP contribution is 2.18. The van der Waals surface area contributed by atoms with Gasteiger partial charge < -0.3 is 20.2 Å². The maximum absolute atomic E-state index is 11.5. The number of nitrogens with two attached hydrogens (primary N) is 1. The van der Waals surface area contributed by atoms with Gasteiger partial charge in [-0.15, -0.1) is 24.0 Å². The Bertz CT molecular complexity index is 508. The number of furan rings is 1. The second-order valence-electron chi connectivity index (χ2n) is 5.00. The number of ether oxygens (including phenoxy) is 1. The summed E-state index contributed by atoms with van der Waals surface area (Å²) in [5, 5.41) is 3.20. The topological polar surface area (TPSA) is 89.8 Å². The molecule has 0 bridgehead atoms. The van der Waals surface area contributed by atoms with Crippen LogP contribution in [0.3, 0.4) is 0 Å². The van der Waals surface area contributed by atoms with Gasteiger partial charge in [-0.25, -0.2) is 9.79 Å². The van der Waals surface area contributed by atoms with Crippen molar-refractivity contribution in [1.82, 2.24) is 5.32 Å². The van der Waals surface area contributed by atoms with E-state index in [4.69, 9.17) is 10.2 Å². The van der Waals surface area contributed by atoms with Crippen LogP contribution in [0.5, 0.6) is 0 Å². The molecule has 1 aliphatic carbocycles. The number of hydrogen-bond donors (Lipinski definition) is 2. The summed E-state index contributed by atoms with van der Waals surface area (Å²) in [5.41, 5.74) is 6.27. The fourth-order valence-electron chi connectivity index (χ4n) is 2.42. The van der Waals surface area contributed by atoms with E-state index in [0.717, 1.165) is 12.8 Å². The van der Waals surface area contributed by atoms with Crippen LogP contribution in [-0.2, 0) is 11.3 Å². The van der Waals surface area contributed by atoms with E-state index in [-0.39, 0.29) is 24.0 Å². The molecule has 0 aromatic carbocycles. The van der Waals surface area contributed by atoms with Crippen LogP contribution >= 0.6 is 24.0 Å². The minimum atomic E-state index is -0.404. The molecule has 7 heteroatoms. The second kappa shape index (κ2) is 8.26. The van der Waals surface area contributed by atoms with E-state index in [1.165, 1.54) is 20.0 Å². The zero-order valence-corrected chi connectivity index (χ0v) is 14.7. The molecule has 1 aromatic heterocycles. The molecule has 1 aromatic rings. The second-order valence-corrected chi connectivity index (χ2v) is 5.00. The molecule has 0 unspecified atom stereocenters. The molecule has 1 fully saturated rings. The van der Waals surface area contributed by atoms with Crippen molar-refractivity contribution in [3.63, 3.8) is 0 Å². The largest absolute Gasteiger partial charge is 0.465 e. The Morgan fingerprint density at radius 2 is 2.19 bits per heavy atom. The maximum Gasteiger partial charge on any atom is 0.341 e. The minimum absolute atomic E-state index is 0. The van der Waals surface area contributed by atoms with Crippen LogP contribution in [0.4, 0.5) is 0 Å². The predicted octanol–water partition coefficient (Wildman–Crippen LogP) is 2.34. The van der Waals surface area contributed by atoms with Crippen molar-refractivity contribution in [2.75, 3.05) is 7.11 Å². The van der Waals surface area contributed by atoms with Crippen molar-refractivity contribution in [2.24, 2.45) is 10.7 Å². The first-order valence-corrected chi connectivity index (χ1v) is 6.84. The molecule has 0 aliphatic heterocycles. The first kappa shape index (κ1) is 17.8. The van der Waals surface area contributed by atoms with E-state index >= 15 is 0 Å². The Morgan fingerprint density at radius 3 is 2.81 bits per heavy atom. The number of hydrogen-bond acceptors (Lipinski definition) is 4. The van der Waals surface area contributed by atoms with Gasteiger partial charge >= 0.3 is 5.97 Å². The number of carbonyl (C=O) groups excluding carboxylic acids is 1. The number of aliphatic imine (C=N–C) groups is 1. The molecule has 3 N–H and O–H groups in total. The monoisotopic (exact) mass is 407 g/mol. The third kappa shape index (κ3) is 4.90. The van der Waals surface area contributed by atoms with Crippen molar-refractivity contribution in [1.29, 1.82) is 0 Å². The average molecular weight is 407 g/mol. The molecule has 2 rings (SSSR count). The summed E-state index contributed by atoms with van der Waals surface area (Å²) in [5.74, 6) is 1.15. The van der Waals surface area contributed by atoms with Crippen molar-refractivity contribution >= 4 is 35.9 Å². The Kier molecular flexibility index (Phi) is 7.00. The molecule has 0 saturated heterocycles. The molecule has 0 atom stereocenters. The van der Waals surface area contributed by atoms with Crippen molar-refractivity contribution in [2.45, 2.75) is 45.2 Å². The summed E-state index contributed by atoms with van der Waals surface area (Å²) in [7, 11) is 1.34. The van der Waals surface area contributed by atoms with Crippen LogP contribution < -0.4 is 11.1 Å². The van der Waals surface area contributed by atoms with Gasteiger partial charge in [0.15, 0.2) is 5.96 Å². The first-order valence-electron chi connectivity index (χ1n) is 6.84. The lowest BCUT2D eigenvalue weighted by Gasteiger charge is -2.11. The number of halogens is 1. The molecule has 1 aliphatic rings. The minimum Gasteiger partial charge on any atom is -0.465 e. The summed E-state index contributed by atoms with van der Waals surface area (Å²) in [6, 6.07) is 2.08. The smallest absolute Gasteiger partial charge is 0.341 e. The van der Waals surface area contributed by atoms with Crippen LogP contribution in [0.2, 0.25) is 0 Å². The van der Waals surface area contributed by atoms with Crippen LogP contribution in [-0.4, -0.2) is 25.1 Å². The zero-order valence-electron chi connectivity index (χ0n) is 12.3. The number of aryl methyl sites for hydroxylation is 1. The predicted molar refractivity (Wildman–Crippen MR) is 90.9 cm³/mol. The summed E-state index contributed by atoms with van der Waals surface area (Å²) >= 11 is 0. The van der Waals surface area contributed by atoms with Gasteiger partial charge in [-0.1, -0.05) is 12.8 Å². The van der Waals surface area contributed by atoms with Crippen LogP contribution in [0.25, 0.3) is 0 Å². The average Bonchev–Trinajstić information content (AvgIpc) is 3.05. The quantitative estimate of drug-likeness (QED) is 0.346. The van der Waals surface area contributed by atoms with Gasteiger partial charge in [-0.3, -0.25) is 0 Å². The van der Waals surface area contributed by atoms with Gasteiger partial charge in [-0.2, -0.15) is 0 Å². The first-order chi connectivity index (χ1) is 9.60. The van der Waals surface area contributed by atoms with Crippen LogP contribution in [0.1, 0.15) is 47.6 Å². The fraction of sp³-hybridized carbons (Fsp3) is 0.571. The number of guanidine groups is 1. The van der Waals surface area contributed by atoms with Crippen molar-refractivity contribution in [3.05, 3.63) is 23.2 Å². The van der Waals surface area contributed by atoms with E-state index in [1.807, 2.05) is 0 Å². The number of nitrogens with one attached hydrogen (secondary N) is 1. The van der Waals surface area contributed by atoms with E-state index in [9.17, 15) is 4.79 Å². The molecule has 6 nitrogen and oxygen atoms in total. The molecule has 0 amide bonds.